The SMILES string of the molecule is C/C=C/C(=N\NCc1cc(Cl)ccc1OCC(C)C)NC(=O)c1c(Cl)cccc1Cl. The lowest BCUT2D eigenvalue weighted by atomic mass is 10.2. The van der Waals surface area contributed by atoms with Crippen LogP contribution in [0.2, 0.25) is 15.1 Å². The van der Waals surface area contributed by atoms with Crippen molar-refractivity contribution in [2.24, 2.45) is 11.0 Å². The number of amides is 1. The average Bonchev–Trinajstić information content (AvgIpc) is 2.67. The molecule has 30 heavy (non-hydrogen) atoms. The van der Waals surface area contributed by atoms with Crippen molar-refractivity contribution in [3.8, 4) is 5.75 Å². The third-order valence-electron chi connectivity index (χ3n) is 3.82. The molecule has 0 saturated carbocycles. The predicted molar refractivity (Wildman–Crippen MR) is 125 cm³/mol. The van der Waals surface area contributed by atoms with Gasteiger partial charge < -0.3 is 15.5 Å². The molecule has 0 atom stereocenters. The van der Waals surface area contributed by atoms with Gasteiger partial charge in [-0.25, -0.2) is 0 Å². The van der Waals surface area contributed by atoms with Crippen molar-refractivity contribution in [2.45, 2.75) is 27.3 Å². The van der Waals surface area contributed by atoms with E-state index in [1.807, 2.05) is 19.1 Å². The van der Waals surface area contributed by atoms with Gasteiger partial charge in [-0.2, -0.15) is 5.10 Å². The molecule has 2 N–H and O–H groups in total. The van der Waals surface area contributed by atoms with Gasteiger partial charge in [-0.1, -0.05) is 60.8 Å². The Hall–Kier alpha value is -2.21. The van der Waals surface area contributed by atoms with Gasteiger partial charge in [-0.3, -0.25) is 4.79 Å². The van der Waals surface area contributed by atoms with Gasteiger partial charge in [0, 0.05) is 10.6 Å². The number of hydrogen-bond acceptors (Lipinski definition) is 4. The fraction of sp³-hybridized carbons (Fsp3) is 0.273. The first kappa shape index (κ1) is 24.1. The summed E-state index contributed by atoms with van der Waals surface area (Å²) in [5.74, 6) is 0.987. The van der Waals surface area contributed by atoms with Crippen LogP contribution in [0.5, 0.6) is 5.75 Å². The molecule has 0 aliphatic carbocycles. The molecule has 0 bridgehead atoms. The topological polar surface area (TPSA) is 62.7 Å². The minimum absolute atomic E-state index is 0.192. The van der Waals surface area contributed by atoms with E-state index in [4.69, 9.17) is 39.5 Å². The van der Waals surface area contributed by atoms with E-state index in [1.165, 1.54) is 0 Å². The molecular formula is C22H24Cl3N3O2. The van der Waals surface area contributed by atoms with Crippen molar-refractivity contribution in [3.63, 3.8) is 0 Å². The molecule has 0 saturated heterocycles. The van der Waals surface area contributed by atoms with Crippen molar-refractivity contribution in [3.05, 3.63) is 74.7 Å². The third kappa shape index (κ3) is 7.24. The molecule has 0 fully saturated rings. The summed E-state index contributed by atoms with van der Waals surface area (Å²) in [6, 6.07) is 10.3. The number of rotatable bonds is 8. The van der Waals surface area contributed by atoms with E-state index in [0.29, 0.717) is 29.9 Å². The van der Waals surface area contributed by atoms with Crippen LogP contribution in [0.25, 0.3) is 0 Å². The van der Waals surface area contributed by atoms with E-state index in [9.17, 15) is 4.79 Å². The van der Waals surface area contributed by atoms with Crippen molar-refractivity contribution in [1.82, 2.24) is 10.7 Å². The van der Waals surface area contributed by atoms with Crippen molar-refractivity contribution < 1.29 is 9.53 Å². The van der Waals surface area contributed by atoms with Crippen LogP contribution < -0.4 is 15.5 Å². The summed E-state index contributed by atoms with van der Waals surface area (Å²) in [6.45, 7) is 6.93. The molecule has 1 amide bonds. The molecular weight excluding hydrogens is 445 g/mol. The first-order valence-electron chi connectivity index (χ1n) is 9.41. The smallest absolute Gasteiger partial charge is 0.259 e. The number of carbonyl (C=O) groups excluding carboxylic acids is 1. The van der Waals surface area contributed by atoms with Crippen LogP contribution in [0.3, 0.4) is 0 Å². The Bertz CT molecular complexity index is 923. The zero-order valence-corrected chi connectivity index (χ0v) is 19.3. The van der Waals surface area contributed by atoms with Gasteiger partial charge >= 0.3 is 0 Å². The van der Waals surface area contributed by atoms with E-state index >= 15 is 0 Å². The Balaban J connectivity index is 2.12. The van der Waals surface area contributed by atoms with Crippen LogP contribution in [0, 0.1) is 5.92 Å². The molecule has 0 spiro atoms. The summed E-state index contributed by atoms with van der Waals surface area (Å²) in [6.07, 6.45) is 3.41. The quantitative estimate of drug-likeness (QED) is 0.280. The van der Waals surface area contributed by atoms with Gasteiger partial charge in [0.15, 0.2) is 5.84 Å². The van der Waals surface area contributed by atoms with Crippen LogP contribution >= 0.6 is 34.8 Å². The Labute approximate surface area is 192 Å². The number of benzene rings is 2. The highest BCUT2D eigenvalue weighted by molar-refractivity contribution is 6.40. The number of ether oxygens (including phenoxy) is 1. The predicted octanol–water partition coefficient (Wildman–Crippen LogP) is 6.09. The van der Waals surface area contributed by atoms with Crippen molar-refractivity contribution >= 4 is 46.5 Å². The molecule has 5 nitrogen and oxygen atoms in total. The number of allylic oxidation sites excluding steroid dienone is 1. The number of hydrazone groups is 1. The van der Waals surface area contributed by atoms with E-state index in [2.05, 4.69) is 29.7 Å². The van der Waals surface area contributed by atoms with Gasteiger partial charge in [0.25, 0.3) is 5.91 Å². The number of halogens is 3. The highest BCUT2D eigenvalue weighted by Gasteiger charge is 2.15. The number of amidine groups is 1. The lowest BCUT2D eigenvalue weighted by molar-refractivity contribution is 0.0977. The maximum atomic E-state index is 12.6. The summed E-state index contributed by atoms with van der Waals surface area (Å²) in [5, 5.41) is 8.09. The fourth-order valence-electron chi connectivity index (χ4n) is 2.45. The molecule has 0 aromatic heterocycles. The minimum Gasteiger partial charge on any atom is -0.493 e. The molecule has 8 heteroatoms. The molecule has 0 aliphatic rings. The molecule has 160 valence electrons. The lowest BCUT2D eigenvalue weighted by Gasteiger charge is -2.14. The van der Waals surface area contributed by atoms with Gasteiger partial charge in [0.1, 0.15) is 5.75 Å². The summed E-state index contributed by atoms with van der Waals surface area (Å²) in [4.78, 5) is 12.6. The first-order chi connectivity index (χ1) is 14.3. The standard InChI is InChI=1S/C22H24Cl3N3O2/c1-4-6-20(27-22(29)21-17(24)7-5-8-18(21)25)28-26-12-15-11-16(23)9-10-19(15)30-13-14(2)3/h4-11,14,26H,12-13H2,1-3H3,(H,27,28,29)/b6-4+. The second-order valence-electron chi connectivity index (χ2n) is 6.84. The fourth-order valence-corrected chi connectivity index (χ4v) is 3.22. The second kappa shape index (κ2) is 11.8. The zero-order valence-electron chi connectivity index (χ0n) is 17.0. The minimum atomic E-state index is -0.451. The normalized spacial score (nSPS) is 11.8. The number of nitrogens with zero attached hydrogens (tertiary/aromatic N) is 1. The van der Waals surface area contributed by atoms with E-state index in [0.717, 1.165) is 11.3 Å². The van der Waals surface area contributed by atoms with Crippen molar-refractivity contribution in [2.75, 3.05) is 6.61 Å². The second-order valence-corrected chi connectivity index (χ2v) is 8.09. The van der Waals surface area contributed by atoms with Crippen LogP contribution in [-0.4, -0.2) is 18.3 Å². The summed E-state index contributed by atoms with van der Waals surface area (Å²) in [7, 11) is 0. The molecule has 0 radical (unpaired) electrons. The number of hydrogen-bond donors (Lipinski definition) is 2. The van der Waals surface area contributed by atoms with Crippen LogP contribution in [0.4, 0.5) is 0 Å². The summed E-state index contributed by atoms with van der Waals surface area (Å²) in [5.41, 5.74) is 3.99. The van der Waals surface area contributed by atoms with Crippen LogP contribution in [0.15, 0.2) is 53.7 Å². The molecule has 2 aromatic carbocycles. The number of carbonyl (C=O) groups is 1. The summed E-state index contributed by atoms with van der Waals surface area (Å²) >= 11 is 18.3. The maximum absolute atomic E-state index is 12.6. The zero-order chi connectivity index (χ0) is 22.1. The highest BCUT2D eigenvalue weighted by atomic mass is 35.5. The Morgan fingerprint density at radius 2 is 1.87 bits per heavy atom. The van der Waals surface area contributed by atoms with E-state index in [-0.39, 0.29) is 15.6 Å². The Kier molecular flexibility index (Phi) is 9.50. The summed E-state index contributed by atoms with van der Waals surface area (Å²) < 4.78 is 5.85. The monoisotopic (exact) mass is 467 g/mol. The molecule has 0 aliphatic heterocycles. The van der Waals surface area contributed by atoms with E-state index < -0.39 is 5.91 Å². The highest BCUT2D eigenvalue weighted by Crippen LogP contribution is 2.24. The van der Waals surface area contributed by atoms with E-state index in [1.54, 1.807) is 36.4 Å². The van der Waals surface area contributed by atoms with Crippen LogP contribution in [0.1, 0.15) is 36.7 Å². The third-order valence-corrected chi connectivity index (χ3v) is 4.68. The van der Waals surface area contributed by atoms with Gasteiger partial charge in [0.05, 0.1) is 28.8 Å². The Morgan fingerprint density at radius 1 is 1.17 bits per heavy atom. The number of nitrogens with one attached hydrogen (secondary N) is 2. The van der Waals surface area contributed by atoms with Gasteiger partial charge in [-0.05, 0) is 49.2 Å². The largest absolute Gasteiger partial charge is 0.493 e. The average molecular weight is 469 g/mol. The lowest BCUT2D eigenvalue weighted by Crippen LogP contribution is -2.31. The van der Waals surface area contributed by atoms with Crippen LogP contribution in [-0.2, 0) is 6.54 Å². The maximum Gasteiger partial charge on any atom is 0.259 e. The van der Waals surface area contributed by atoms with Crippen molar-refractivity contribution in [1.29, 1.82) is 0 Å². The molecule has 2 rings (SSSR count). The molecule has 0 unspecified atom stereocenters. The molecule has 2 aromatic rings. The first-order valence-corrected chi connectivity index (χ1v) is 10.5. The Morgan fingerprint density at radius 3 is 2.50 bits per heavy atom. The van der Waals surface area contributed by atoms with Gasteiger partial charge in [0.2, 0.25) is 0 Å². The molecule has 0 heterocycles. The van der Waals surface area contributed by atoms with Gasteiger partial charge in [-0.15, -0.1) is 0 Å².